The molecular formula is C28H26F3N3O. The maximum Gasteiger partial charge on any atom is 0.417 e. The van der Waals surface area contributed by atoms with Crippen molar-refractivity contribution < 1.29 is 18.0 Å². The Morgan fingerprint density at radius 2 is 1.86 bits per heavy atom. The minimum Gasteiger partial charge on any atom is -0.349 e. The number of nitrogens with one attached hydrogen (secondary N) is 1. The first-order valence-corrected chi connectivity index (χ1v) is 11.8. The van der Waals surface area contributed by atoms with E-state index in [1.165, 1.54) is 17.2 Å². The number of allylic oxidation sites excluding steroid dienone is 1. The largest absolute Gasteiger partial charge is 0.417 e. The van der Waals surface area contributed by atoms with Gasteiger partial charge in [0.25, 0.3) is 5.91 Å². The first-order valence-electron chi connectivity index (χ1n) is 11.8. The average Bonchev–Trinajstić information content (AvgIpc) is 3.56. The van der Waals surface area contributed by atoms with Crippen LogP contribution >= 0.6 is 0 Å². The second-order valence-electron chi connectivity index (χ2n) is 9.48. The van der Waals surface area contributed by atoms with Crippen molar-refractivity contribution in [3.05, 3.63) is 101 Å². The summed E-state index contributed by atoms with van der Waals surface area (Å²) in [5.41, 5.74) is 4.90. The van der Waals surface area contributed by atoms with Gasteiger partial charge in [0.05, 0.1) is 16.8 Å². The van der Waals surface area contributed by atoms with E-state index >= 15 is 0 Å². The Labute approximate surface area is 202 Å². The quantitative estimate of drug-likeness (QED) is 0.467. The summed E-state index contributed by atoms with van der Waals surface area (Å²) >= 11 is 0. The van der Waals surface area contributed by atoms with Crippen LogP contribution in [0.5, 0.6) is 0 Å². The molecule has 0 radical (unpaired) electrons. The van der Waals surface area contributed by atoms with Gasteiger partial charge in [0.1, 0.15) is 0 Å². The zero-order valence-corrected chi connectivity index (χ0v) is 19.4. The number of amides is 1. The lowest BCUT2D eigenvalue weighted by molar-refractivity contribution is -0.137. The molecule has 180 valence electrons. The normalized spacial score (nSPS) is 20.4. The molecule has 0 spiro atoms. The van der Waals surface area contributed by atoms with Crippen LogP contribution in [0.2, 0.25) is 0 Å². The van der Waals surface area contributed by atoms with E-state index in [9.17, 15) is 18.0 Å². The molecular weight excluding hydrogens is 451 g/mol. The maximum atomic E-state index is 13.0. The molecule has 2 aliphatic carbocycles. The third-order valence-corrected chi connectivity index (χ3v) is 7.26. The van der Waals surface area contributed by atoms with E-state index in [-0.39, 0.29) is 17.4 Å². The first-order chi connectivity index (χ1) is 16.8. The highest BCUT2D eigenvalue weighted by molar-refractivity contribution is 5.94. The Hall–Kier alpha value is -3.48. The highest BCUT2D eigenvalue weighted by Crippen LogP contribution is 2.53. The number of nitrogens with zero attached hydrogens (tertiary/aromatic N) is 2. The van der Waals surface area contributed by atoms with Gasteiger partial charge in [0, 0.05) is 30.0 Å². The minimum absolute atomic E-state index is 0.0851. The number of hydrogen-bond donors (Lipinski definition) is 1. The van der Waals surface area contributed by atoms with E-state index in [1.54, 1.807) is 24.5 Å². The summed E-state index contributed by atoms with van der Waals surface area (Å²) in [6.45, 7) is 2.11. The van der Waals surface area contributed by atoms with Gasteiger partial charge in [-0.3, -0.25) is 14.8 Å². The van der Waals surface area contributed by atoms with Crippen LogP contribution in [0, 0.1) is 0 Å². The van der Waals surface area contributed by atoms with Gasteiger partial charge in [-0.05, 0) is 80.0 Å². The smallest absolute Gasteiger partial charge is 0.349 e. The highest BCUT2D eigenvalue weighted by atomic mass is 19.4. The number of hydrogen-bond acceptors (Lipinski definition) is 3. The minimum atomic E-state index is -4.39. The molecule has 7 heteroatoms. The van der Waals surface area contributed by atoms with Crippen LogP contribution in [0.1, 0.15) is 71.8 Å². The molecule has 1 unspecified atom stereocenters. The van der Waals surface area contributed by atoms with Gasteiger partial charge < -0.3 is 5.32 Å². The van der Waals surface area contributed by atoms with Crippen molar-refractivity contribution in [1.82, 2.24) is 15.3 Å². The van der Waals surface area contributed by atoms with E-state index < -0.39 is 11.7 Å². The predicted molar refractivity (Wildman–Crippen MR) is 128 cm³/mol. The summed E-state index contributed by atoms with van der Waals surface area (Å²) in [5.74, 6) is -0.108. The van der Waals surface area contributed by atoms with Crippen LogP contribution in [-0.4, -0.2) is 21.9 Å². The Balaban J connectivity index is 1.33. The summed E-state index contributed by atoms with van der Waals surface area (Å²) < 4.78 is 38.9. The van der Waals surface area contributed by atoms with Gasteiger partial charge in [-0.25, -0.2) is 0 Å². The fourth-order valence-electron chi connectivity index (χ4n) is 5.00. The van der Waals surface area contributed by atoms with Crippen molar-refractivity contribution in [2.45, 2.75) is 56.7 Å². The van der Waals surface area contributed by atoms with Crippen LogP contribution in [0.15, 0.2) is 72.7 Å². The van der Waals surface area contributed by atoms with Crippen LogP contribution in [0.4, 0.5) is 13.2 Å². The van der Waals surface area contributed by atoms with E-state index in [2.05, 4.69) is 34.3 Å². The Bertz CT molecular complexity index is 1260. The van der Waals surface area contributed by atoms with Gasteiger partial charge in [0.2, 0.25) is 0 Å². The third kappa shape index (κ3) is 4.72. The molecule has 0 saturated heterocycles. The van der Waals surface area contributed by atoms with Crippen LogP contribution < -0.4 is 5.32 Å². The monoisotopic (exact) mass is 477 g/mol. The van der Waals surface area contributed by atoms with Gasteiger partial charge in [0.15, 0.2) is 0 Å². The number of halogens is 3. The van der Waals surface area contributed by atoms with Crippen LogP contribution in [0.25, 0.3) is 5.57 Å². The third-order valence-electron chi connectivity index (χ3n) is 7.26. The summed E-state index contributed by atoms with van der Waals surface area (Å²) in [5, 5.41) is 3.11. The van der Waals surface area contributed by atoms with Gasteiger partial charge >= 0.3 is 6.18 Å². The molecule has 2 aromatic heterocycles. The molecule has 1 N–H and O–H groups in total. The van der Waals surface area contributed by atoms with Crippen molar-refractivity contribution in [3.63, 3.8) is 0 Å². The first kappa shape index (κ1) is 23.3. The summed E-state index contributed by atoms with van der Waals surface area (Å²) in [6.07, 6.45) is 4.10. The van der Waals surface area contributed by atoms with E-state index in [4.69, 9.17) is 0 Å². The van der Waals surface area contributed by atoms with Crippen molar-refractivity contribution in [1.29, 1.82) is 0 Å². The number of carbonyl (C=O) groups is 1. The molecule has 1 amide bonds. The molecule has 2 saturated carbocycles. The topological polar surface area (TPSA) is 54.9 Å². The van der Waals surface area contributed by atoms with E-state index in [1.807, 2.05) is 12.1 Å². The average molecular weight is 478 g/mol. The van der Waals surface area contributed by atoms with Crippen molar-refractivity contribution >= 4 is 11.5 Å². The molecule has 1 atom stereocenters. The molecule has 5 rings (SSSR count). The molecule has 4 nitrogen and oxygen atoms in total. The summed E-state index contributed by atoms with van der Waals surface area (Å²) in [4.78, 5) is 20.7. The fraction of sp³-hybridized carbons (Fsp3) is 0.321. The Morgan fingerprint density at radius 1 is 1.06 bits per heavy atom. The molecule has 2 fully saturated rings. The molecule has 35 heavy (non-hydrogen) atoms. The zero-order valence-electron chi connectivity index (χ0n) is 19.4. The number of rotatable bonds is 5. The second-order valence-corrected chi connectivity index (χ2v) is 9.48. The Kier molecular flexibility index (Phi) is 5.95. The lowest BCUT2D eigenvalue weighted by atomic mass is 9.88. The molecule has 0 aliphatic heterocycles. The lowest BCUT2D eigenvalue weighted by Crippen LogP contribution is -2.32. The van der Waals surface area contributed by atoms with Gasteiger partial charge in [-0.15, -0.1) is 0 Å². The lowest BCUT2D eigenvalue weighted by Gasteiger charge is -2.18. The van der Waals surface area contributed by atoms with Crippen LogP contribution in [0.3, 0.4) is 0 Å². The molecule has 2 aliphatic rings. The van der Waals surface area contributed by atoms with Crippen LogP contribution in [-0.2, 0) is 11.6 Å². The Morgan fingerprint density at radius 3 is 2.51 bits per heavy atom. The summed E-state index contributed by atoms with van der Waals surface area (Å²) in [7, 11) is 0. The second kappa shape index (κ2) is 8.95. The number of alkyl halides is 3. The predicted octanol–water partition coefficient (Wildman–Crippen LogP) is 6.33. The highest BCUT2D eigenvalue weighted by Gasteiger charge is 2.47. The van der Waals surface area contributed by atoms with Crippen molar-refractivity contribution in [2.75, 3.05) is 0 Å². The SMILES string of the molecule is C/C(=C1/CCC(NC(=O)c2cccnc2)C1)c1cccc(C2(c3ccc(C(F)(F)F)cn3)CC2)c1. The number of pyridine rings is 2. The van der Waals surface area contributed by atoms with Gasteiger partial charge in [-0.1, -0.05) is 29.8 Å². The zero-order chi connectivity index (χ0) is 24.6. The fourth-order valence-corrected chi connectivity index (χ4v) is 5.00. The molecule has 3 aromatic rings. The maximum absolute atomic E-state index is 13.0. The number of aromatic nitrogens is 2. The number of carbonyl (C=O) groups excluding carboxylic acids is 1. The van der Waals surface area contributed by atoms with Crippen molar-refractivity contribution in [2.24, 2.45) is 0 Å². The summed E-state index contributed by atoms with van der Waals surface area (Å²) in [6, 6.07) is 14.5. The molecule has 0 bridgehead atoms. The molecule has 2 heterocycles. The van der Waals surface area contributed by atoms with E-state index in [0.717, 1.165) is 55.5 Å². The standard InChI is InChI=1S/C28H26F3N3O/c1-18(20-7-9-24(15-20)34-26(35)21-5-3-13-32-16-21)19-4-2-6-22(14-19)27(11-12-27)25-10-8-23(17-33-25)28(29,30)31/h2-6,8,10,13-14,16-17,24H,7,9,11-12,15H2,1H3,(H,34,35)/b20-18+. The number of benzene rings is 1. The molecule has 1 aromatic carbocycles. The van der Waals surface area contributed by atoms with Gasteiger partial charge in [-0.2, -0.15) is 13.2 Å². The van der Waals surface area contributed by atoms with E-state index in [0.29, 0.717) is 11.3 Å². The van der Waals surface area contributed by atoms with Crippen molar-refractivity contribution in [3.8, 4) is 0 Å².